The number of para-hydroxylation sites is 1. The Morgan fingerprint density at radius 3 is 2.14 bits per heavy atom. The first kappa shape index (κ1) is 28.7. The normalized spacial score (nSPS) is 11.4. The van der Waals surface area contributed by atoms with E-state index in [0.29, 0.717) is 18.9 Å². The van der Waals surface area contributed by atoms with Crippen molar-refractivity contribution in [2.75, 3.05) is 25.1 Å². The third kappa shape index (κ3) is 11.6. The standard InChI is InChI=1S/C28H38F3NO3/c1-2-3-4-5-6-7-8-9-10-13-19-34-20-21-35-27(33)25-17-11-12-18-26(25)32-24-16-14-15-23(22-24)28(29,30)31/h11-12,14-18,22,32H,2-10,13,19-21H2,1H3. The van der Waals surface area contributed by atoms with Crippen molar-refractivity contribution >= 4 is 17.3 Å². The summed E-state index contributed by atoms with van der Waals surface area (Å²) < 4.78 is 49.8. The fraction of sp³-hybridized carbons (Fsp3) is 0.536. The van der Waals surface area contributed by atoms with Gasteiger partial charge in [-0.05, 0) is 36.8 Å². The zero-order valence-electron chi connectivity index (χ0n) is 20.7. The minimum Gasteiger partial charge on any atom is -0.460 e. The van der Waals surface area contributed by atoms with Crippen LogP contribution >= 0.6 is 0 Å². The number of ether oxygens (including phenoxy) is 2. The highest BCUT2D eigenvalue weighted by Crippen LogP contribution is 2.32. The van der Waals surface area contributed by atoms with Crippen molar-refractivity contribution in [3.8, 4) is 0 Å². The largest absolute Gasteiger partial charge is 0.460 e. The molecule has 0 saturated heterocycles. The predicted octanol–water partition coefficient (Wildman–Crippen LogP) is 8.54. The summed E-state index contributed by atoms with van der Waals surface area (Å²) in [6.45, 7) is 3.30. The molecule has 0 fully saturated rings. The highest BCUT2D eigenvalue weighted by atomic mass is 19.4. The average Bonchev–Trinajstić information content (AvgIpc) is 2.84. The van der Waals surface area contributed by atoms with Crippen LogP contribution in [0.15, 0.2) is 48.5 Å². The van der Waals surface area contributed by atoms with E-state index < -0.39 is 17.7 Å². The number of esters is 1. The zero-order valence-corrected chi connectivity index (χ0v) is 20.7. The molecule has 0 atom stereocenters. The van der Waals surface area contributed by atoms with E-state index in [1.807, 2.05) is 0 Å². The van der Waals surface area contributed by atoms with E-state index in [-0.39, 0.29) is 17.9 Å². The van der Waals surface area contributed by atoms with Crippen LogP contribution in [0.4, 0.5) is 24.5 Å². The van der Waals surface area contributed by atoms with Crippen LogP contribution in [-0.4, -0.2) is 25.8 Å². The van der Waals surface area contributed by atoms with Crippen LogP contribution in [0.1, 0.15) is 87.1 Å². The number of hydrogen-bond donors (Lipinski definition) is 1. The van der Waals surface area contributed by atoms with Gasteiger partial charge in [-0.2, -0.15) is 13.2 Å². The molecule has 1 N–H and O–H groups in total. The van der Waals surface area contributed by atoms with E-state index in [9.17, 15) is 18.0 Å². The second-order valence-corrected chi connectivity index (χ2v) is 8.68. The monoisotopic (exact) mass is 493 g/mol. The number of unbranched alkanes of at least 4 members (excludes halogenated alkanes) is 9. The number of benzene rings is 2. The van der Waals surface area contributed by atoms with Crippen molar-refractivity contribution in [2.24, 2.45) is 0 Å². The summed E-state index contributed by atoms with van der Waals surface area (Å²) in [5.74, 6) is -0.553. The van der Waals surface area contributed by atoms with Gasteiger partial charge in [0.1, 0.15) is 6.61 Å². The Balaban J connectivity index is 1.64. The molecule has 0 heterocycles. The number of carbonyl (C=O) groups excluding carboxylic acids is 1. The highest BCUT2D eigenvalue weighted by Gasteiger charge is 2.30. The Morgan fingerprint density at radius 2 is 1.46 bits per heavy atom. The lowest BCUT2D eigenvalue weighted by molar-refractivity contribution is -0.137. The van der Waals surface area contributed by atoms with Crippen molar-refractivity contribution < 1.29 is 27.4 Å². The quantitative estimate of drug-likeness (QED) is 0.177. The van der Waals surface area contributed by atoms with Crippen LogP contribution in [0.3, 0.4) is 0 Å². The Hall–Kier alpha value is -2.54. The summed E-state index contributed by atoms with van der Waals surface area (Å²) in [5, 5.41) is 2.89. The summed E-state index contributed by atoms with van der Waals surface area (Å²) in [4.78, 5) is 12.5. The van der Waals surface area contributed by atoms with Crippen LogP contribution in [-0.2, 0) is 15.7 Å². The highest BCUT2D eigenvalue weighted by molar-refractivity contribution is 5.96. The number of anilines is 2. The van der Waals surface area contributed by atoms with Crippen LogP contribution in [0, 0.1) is 0 Å². The van der Waals surface area contributed by atoms with Gasteiger partial charge in [0, 0.05) is 12.3 Å². The second kappa shape index (κ2) is 16.2. The second-order valence-electron chi connectivity index (χ2n) is 8.68. The third-order valence-corrected chi connectivity index (χ3v) is 5.72. The molecule has 2 rings (SSSR count). The van der Waals surface area contributed by atoms with Crippen molar-refractivity contribution in [3.05, 3.63) is 59.7 Å². The van der Waals surface area contributed by atoms with E-state index in [2.05, 4.69) is 12.2 Å². The van der Waals surface area contributed by atoms with Gasteiger partial charge in [-0.3, -0.25) is 0 Å². The molecular formula is C28H38F3NO3. The van der Waals surface area contributed by atoms with Crippen LogP contribution in [0.2, 0.25) is 0 Å². The molecule has 0 amide bonds. The molecule has 0 aliphatic rings. The van der Waals surface area contributed by atoms with Gasteiger partial charge in [0.05, 0.1) is 23.4 Å². The SMILES string of the molecule is CCCCCCCCCCCCOCCOC(=O)c1ccccc1Nc1cccc(C(F)(F)F)c1. The van der Waals surface area contributed by atoms with Gasteiger partial charge in [-0.25, -0.2) is 4.79 Å². The van der Waals surface area contributed by atoms with Gasteiger partial charge in [0.25, 0.3) is 0 Å². The van der Waals surface area contributed by atoms with E-state index in [4.69, 9.17) is 9.47 Å². The lowest BCUT2D eigenvalue weighted by Crippen LogP contribution is -2.13. The van der Waals surface area contributed by atoms with Gasteiger partial charge in [0.2, 0.25) is 0 Å². The molecule has 35 heavy (non-hydrogen) atoms. The lowest BCUT2D eigenvalue weighted by atomic mass is 10.1. The number of halogens is 3. The molecule has 0 saturated carbocycles. The molecule has 0 spiro atoms. The maximum atomic E-state index is 13.0. The molecule has 0 aliphatic heterocycles. The van der Waals surface area contributed by atoms with Crippen molar-refractivity contribution in [1.82, 2.24) is 0 Å². The fourth-order valence-corrected chi connectivity index (χ4v) is 3.76. The van der Waals surface area contributed by atoms with Gasteiger partial charge in [-0.1, -0.05) is 82.9 Å². The Kier molecular flexibility index (Phi) is 13.3. The summed E-state index contributed by atoms with van der Waals surface area (Å²) in [7, 11) is 0. The van der Waals surface area contributed by atoms with Gasteiger partial charge >= 0.3 is 12.1 Å². The van der Waals surface area contributed by atoms with Crippen molar-refractivity contribution in [1.29, 1.82) is 0 Å². The molecule has 0 aromatic heterocycles. The van der Waals surface area contributed by atoms with Gasteiger partial charge in [0.15, 0.2) is 0 Å². The molecule has 0 bridgehead atoms. The molecule has 194 valence electrons. The van der Waals surface area contributed by atoms with Gasteiger partial charge < -0.3 is 14.8 Å². The molecule has 2 aromatic carbocycles. The minimum atomic E-state index is -4.44. The van der Waals surface area contributed by atoms with Crippen LogP contribution in [0.5, 0.6) is 0 Å². The zero-order chi connectivity index (χ0) is 25.4. The van der Waals surface area contributed by atoms with Crippen LogP contribution < -0.4 is 5.32 Å². The minimum absolute atomic E-state index is 0.120. The van der Waals surface area contributed by atoms with E-state index in [1.165, 1.54) is 63.5 Å². The first-order valence-electron chi connectivity index (χ1n) is 12.7. The summed E-state index contributed by atoms with van der Waals surface area (Å²) in [6, 6.07) is 11.4. The van der Waals surface area contributed by atoms with Crippen molar-refractivity contribution in [3.63, 3.8) is 0 Å². The van der Waals surface area contributed by atoms with E-state index >= 15 is 0 Å². The number of hydrogen-bond acceptors (Lipinski definition) is 4. The maximum Gasteiger partial charge on any atom is 0.416 e. The molecule has 0 unspecified atom stereocenters. The lowest BCUT2D eigenvalue weighted by Gasteiger charge is -2.13. The number of rotatable bonds is 17. The Labute approximate surface area is 207 Å². The fourth-order valence-electron chi connectivity index (χ4n) is 3.76. The summed E-state index contributed by atoms with van der Waals surface area (Å²) in [5.41, 5.74) is 0.102. The molecule has 0 radical (unpaired) electrons. The van der Waals surface area contributed by atoms with Crippen LogP contribution in [0.25, 0.3) is 0 Å². The van der Waals surface area contributed by atoms with E-state index in [0.717, 1.165) is 25.0 Å². The smallest absolute Gasteiger partial charge is 0.416 e. The molecular weight excluding hydrogens is 455 g/mol. The number of nitrogens with one attached hydrogen (secondary N) is 1. The Morgan fingerprint density at radius 1 is 0.800 bits per heavy atom. The third-order valence-electron chi connectivity index (χ3n) is 5.72. The van der Waals surface area contributed by atoms with E-state index in [1.54, 1.807) is 24.3 Å². The first-order chi connectivity index (χ1) is 16.9. The van der Waals surface area contributed by atoms with Gasteiger partial charge in [-0.15, -0.1) is 0 Å². The summed E-state index contributed by atoms with van der Waals surface area (Å²) >= 11 is 0. The summed E-state index contributed by atoms with van der Waals surface area (Å²) in [6.07, 6.45) is 8.17. The molecule has 2 aromatic rings. The van der Waals surface area contributed by atoms with Crippen molar-refractivity contribution in [2.45, 2.75) is 77.3 Å². The number of carbonyl (C=O) groups is 1. The average molecular weight is 494 g/mol. The molecule has 4 nitrogen and oxygen atoms in total. The molecule has 0 aliphatic carbocycles. The molecule has 7 heteroatoms. The maximum absolute atomic E-state index is 13.0. The number of alkyl halides is 3. The topological polar surface area (TPSA) is 47.6 Å². The predicted molar refractivity (Wildman–Crippen MR) is 134 cm³/mol. The Bertz CT molecular complexity index is 871. The first-order valence-corrected chi connectivity index (χ1v) is 12.7.